The third-order valence-corrected chi connectivity index (χ3v) is 7.71. The SMILES string of the molecule is CN(C)C/C=C/C(=O)N1C[C@@H]2C(C#Cc3c(-c4ccc(Oc5ccccc5)cc4)c4c(N)ncnc4n3C)[C@@H]2C1. The number of rotatable bonds is 6. The van der Waals surface area contributed by atoms with Crippen LogP contribution in [-0.4, -0.2) is 64.0 Å². The summed E-state index contributed by atoms with van der Waals surface area (Å²) in [7, 11) is 5.94. The molecule has 2 fully saturated rings. The number of hydrogen-bond donors (Lipinski definition) is 1. The van der Waals surface area contributed by atoms with Crippen molar-refractivity contribution in [1.29, 1.82) is 0 Å². The number of benzene rings is 2. The molecule has 0 radical (unpaired) electrons. The molecule has 1 aliphatic heterocycles. The zero-order chi connectivity index (χ0) is 27.8. The molecule has 2 N–H and O–H groups in total. The van der Waals surface area contributed by atoms with Crippen LogP contribution in [0, 0.1) is 29.6 Å². The molecule has 0 spiro atoms. The number of aromatic nitrogens is 3. The summed E-state index contributed by atoms with van der Waals surface area (Å²) in [6, 6.07) is 17.6. The molecule has 8 nitrogen and oxygen atoms in total. The average molecular weight is 533 g/mol. The summed E-state index contributed by atoms with van der Waals surface area (Å²) in [6.45, 7) is 2.28. The van der Waals surface area contributed by atoms with E-state index in [2.05, 4.69) is 21.8 Å². The van der Waals surface area contributed by atoms with Crippen molar-refractivity contribution in [2.75, 3.05) is 39.5 Å². The van der Waals surface area contributed by atoms with E-state index in [1.54, 1.807) is 6.08 Å². The molecule has 1 saturated heterocycles. The number of carbonyl (C=O) groups excluding carboxylic acids is 1. The van der Waals surface area contributed by atoms with Gasteiger partial charge in [-0.15, -0.1) is 0 Å². The number of aryl methyl sites for hydroxylation is 1. The van der Waals surface area contributed by atoms with Gasteiger partial charge in [0.05, 0.1) is 5.39 Å². The monoisotopic (exact) mass is 532 g/mol. The van der Waals surface area contributed by atoms with E-state index in [4.69, 9.17) is 10.5 Å². The quantitative estimate of drug-likeness (QED) is 0.296. The average Bonchev–Trinajstić information content (AvgIpc) is 3.25. The van der Waals surface area contributed by atoms with E-state index in [0.29, 0.717) is 17.7 Å². The topological polar surface area (TPSA) is 89.5 Å². The molecule has 2 aliphatic rings. The van der Waals surface area contributed by atoms with Crippen LogP contribution < -0.4 is 10.5 Å². The molecule has 2 aromatic carbocycles. The normalized spacial score (nSPS) is 19.6. The first-order valence-electron chi connectivity index (χ1n) is 13.4. The molecule has 3 heterocycles. The lowest BCUT2D eigenvalue weighted by atomic mass is 10.0. The first-order chi connectivity index (χ1) is 19.4. The second kappa shape index (κ2) is 10.5. The van der Waals surface area contributed by atoms with Crippen molar-refractivity contribution in [3.05, 3.63) is 78.8 Å². The Morgan fingerprint density at radius 3 is 2.48 bits per heavy atom. The number of ether oxygens (including phenoxy) is 1. The van der Waals surface area contributed by atoms with Crippen molar-refractivity contribution in [2.24, 2.45) is 24.8 Å². The second-order valence-electron chi connectivity index (χ2n) is 10.7. The number of likely N-dealkylation sites (tertiary alicyclic amines) is 1. The molecule has 40 heavy (non-hydrogen) atoms. The van der Waals surface area contributed by atoms with Crippen LogP contribution in [0.2, 0.25) is 0 Å². The van der Waals surface area contributed by atoms with E-state index < -0.39 is 0 Å². The van der Waals surface area contributed by atoms with Gasteiger partial charge >= 0.3 is 0 Å². The highest BCUT2D eigenvalue weighted by atomic mass is 16.5. The van der Waals surface area contributed by atoms with Crippen molar-refractivity contribution in [3.63, 3.8) is 0 Å². The van der Waals surface area contributed by atoms with E-state index in [1.165, 1.54) is 6.33 Å². The molecule has 0 bridgehead atoms. The summed E-state index contributed by atoms with van der Waals surface area (Å²) in [4.78, 5) is 25.3. The minimum Gasteiger partial charge on any atom is -0.457 e. The number of carbonyl (C=O) groups is 1. The van der Waals surface area contributed by atoms with E-state index in [-0.39, 0.29) is 11.8 Å². The number of hydrogen-bond acceptors (Lipinski definition) is 6. The second-order valence-corrected chi connectivity index (χ2v) is 10.7. The minimum absolute atomic E-state index is 0.0884. The number of para-hydroxylation sites is 1. The molecule has 1 aliphatic carbocycles. The van der Waals surface area contributed by atoms with Crippen molar-refractivity contribution < 1.29 is 9.53 Å². The number of piperidine rings is 1. The van der Waals surface area contributed by atoms with Crippen molar-refractivity contribution >= 4 is 22.8 Å². The third kappa shape index (κ3) is 4.92. The molecule has 1 amide bonds. The highest BCUT2D eigenvalue weighted by Gasteiger charge is 2.55. The predicted molar refractivity (Wildman–Crippen MR) is 156 cm³/mol. The molecule has 4 aromatic rings. The highest BCUT2D eigenvalue weighted by Crippen LogP contribution is 2.51. The van der Waals surface area contributed by atoms with Crippen LogP contribution >= 0.6 is 0 Å². The number of anilines is 1. The van der Waals surface area contributed by atoms with Gasteiger partial charge in [0.2, 0.25) is 5.91 Å². The summed E-state index contributed by atoms with van der Waals surface area (Å²) in [6.07, 6.45) is 5.09. The molecule has 3 atom stereocenters. The van der Waals surface area contributed by atoms with Crippen LogP contribution in [0.1, 0.15) is 5.69 Å². The van der Waals surface area contributed by atoms with Crippen molar-refractivity contribution in [1.82, 2.24) is 24.3 Å². The Kier molecular flexibility index (Phi) is 6.74. The lowest BCUT2D eigenvalue weighted by molar-refractivity contribution is -0.125. The molecule has 6 rings (SSSR count). The first kappa shape index (κ1) is 25.7. The van der Waals surface area contributed by atoms with Gasteiger partial charge in [0.15, 0.2) is 0 Å². The van der Waals surface area contributed by atoms with Gasteiger partial charge in [0.1, 0.15) is 35.0 Å². The maximum Gasteiger partial charge on any atom is 0.246 e. The van der Waals surface area contributed by atoms with E-state index in [9.17, 15) is 4.79 Å². The summed E-state index contributed by atoms with van der Waals surface area (Å²) in [5.74, 6) is 10.2. The number of amides is 1. The van der Waals surface area contributed by atoms with Gasteiger partial charge in [-0.2, -0.15) is 0 Å². The van der Waals surface area contributed by atoms with Crippen LogP contribution in [0.5, 0.6) is 11.5 Å². The fourth-order valence-corrected chi connectivity index (χ4v) is 5.56. The molecular formula is C32H32N6O2. The molecule has 202 valence electrons. The van der Waals surface area contributed by atoms with E-state index in [1.807, 2.05) is 96.2 Å². The number of likely N-dealkylation sites (N-methyl/N-ethyl adjacent to an activating group) is 1. The number of nitrogen functional groups attached to an aromatic ring is 1. The van der Waals surface area contributed by atoms with Gasteiger partial charge < -0.3 is 24.8 Å². The van der Waals surface area contributed by atoms with Gasteiger partial charge in [-0.25, -0.2) is 9.97 Å². The van der Waals surface area contributed by atoms with Crippen molar-refractivity contribution in [2.45, 2.75) is 0 Å². The van der Waals surface area contributed by atoms with Gasteiger partial charge in [-0.05, 0) is 61.7 Å². The number of nitrogens with zero attached hydrogens (tertiary/aromatic N) is 5. The smallest absolute Gasteiger partial charge is 0.246 e. The maximum absolute atomic E-state index is 12.5. The summed E-state index contributed by atoms with van der Waals surface area (Å²) < 4.78 is 7.98. The Morgan fingerprint density at radius 2 is 1.77 bits per heavy atom. The van der Waals surface area contributed by atoms with Crippen LogP contribution in [0.4, 0.5) is 5.82 Å². The zero-order valence-corrected chi connectivity index (χ0v) is 22.9. The summed E-state index contributed by atoms with van der Waals surface area (Å²) in [5, 5.41) is 0.795. The fraction of sp³-hybridized carbons (Fsp3) is 0.281. The Balaban J connectivity index is 1.25. The standard InChI is InChI=1S/C32H32N6O2/c1-36(2)17-7-10-28(39)38-18-25-24(26(25)19-38)15-16-27-29(30-31(33)34-20-35-32(30)37(27)3)21-11-13-23(14-12-21)40-22-8-5-4-6-9-22/h4-14,20,24-26H,17-19H2,1-3H3,(H2,33,34,35)/b10-7+/t24?,25-,26+. The molecule has 1 saturated carbocycles. The Morgan fingerprint density at radius 1 is 1.07 bits per heavy atom. The number of fused-ring (bicyclic) bond motifs is 2. The Hall–Kier alpha value is -4.61. The van der Waals surface area contributed by atoms with Gasteiger partial charge in [-0.3, -0.25) is 4.79 Å². The largest absolute Gasteiger partial charge is 0.457 e. The molecule has 1 unspecified atom stereocenters. The summed E-state index contributed by atoms with van der Waals surface area (Å²) in [5.41, 5.74) is 9.84. The lowest BCUT2D eigenvalue weighted by Gasteiger charge is -2.16. The molecule has 8 heteroatoms. The maximum atomic E-state index is 12.5. The fourth-order valence-electron chi connectivity index (χ4n) is 5.56. The van der Waals surface area contributed by atoms with Crippen LogP contribution in [0.15, 0.2) is 73.1 Å². The lowest BCUT2D eigenvalue weighted by Crippen LogP contribution is -2.30. The molecular weight excluding hydrogens is 500 g/mol. The van der Waals surface area contributed by atoms with Gasteiger partial charge in [-0.1, -0.05) is 42.3 Å². The summed E-state index contributed by atoms with van der Waals surface area (Å²) >= 11 is 0. The van der Waals surface area contributed by atoms with Crippen LogP contribution in [0.3, 0.4) is 0 Å². The Labute approximate surface area is 234 Å². The van der Waals surface area contributed by atoms with Gasteiger partial charge in [0, 0.05) is 44.2 Å². The van der Waals surface area contributed by atoms with Crippen LogP contribution in [-0.2, 0) is 11.8 Å². The number of nitrogens with two attached hydrogens (primary N) is 1. The van der Waals surface area contributed by atoms with Crippen LogP contribution in [0.25, 0.3) is 22.2 Å². The highest BCUT2D eigenvalue weighted by molar-refractivity contribution is 6.03. The first-order valence-corrected chi connectivity index (χ1v) is 13.4. The third-order valence-electron chi connectivity index (χ3n) is 7.71. The Bertz CT molecular complexity index is 1630. The molecule has 2 aromatic heterocycles. The van der Waals surface area contributed by atoms with Crippen molar-refractivity contribution in [3.8, 4) is 34.5 Å². The zero-order valence-electron chi connectivity index (χ0n) is 22.9. The predicted octanol–water partition coefficient (Wildman–Crippen LogP) is 4.18. The van der Waals surface area contributed by atoms with E-state index in [0.717, 1.165) is 59.0 Å². The van der Waals surface area contributed by atoms with E-state index >= 15 is 0 Å². The minimum atomic E-state index is 0.0884. The van der Waals surface area contributed by atoms with Gasteiger partial charge in [0.25, 0.3) is 0 Å².